The first kappa shape index (κ1) is 18.0. The van der Waals surface area contributed by atoms with Crippen molar-refractivity contribution in [2.45, 2.75) is 68.8 Å². The first-order valence-corrected chi connectivity index (χ1v) is 10.0. The van der Waals surface area contributed by atoms with Crippen LogP contribution in [0.5, 0.6) is 0 Å². The molecule has 1 aliphatic rings. The van der Waals surface area contributed by atoms with Gasteiger partial charge >= 0.3 is 0 Å². The lowest BCUT2D eigenvalue weighted by Gasteiger charge is -2.24. The Morgan fingerprint density at radius 2 is 2.00 bits per heavy atom. The van der Waals surface area contributed by atoms with Gasteiger partial charge in [-0.25, -0.2) is 4.98 Å². The molecule has 0 unspecified atom stereocenters. The van der Waals surface area contributed by atoms with Gasteiger partial charge < -0.3 is 5.32 Å². The van der Waals surface area contributed by atoms with Crippen molar-refractivity contribution in [1.29, 1.82) is 0 Å². The summed E-state index contributed by atoms with van der Waals surface area (Å²) in [6, 6.07) is 8.64. The van der Waals surface area contributed by atoms with E-state index in [4.69, 9.17) is 0 Å². The van der Waals surface area contributed by atoms with Crippen molar-refractivity contribution < 1.29 is 4.79 Å². The molecule has 0 bridgehead atoms. The van der Waals surface area contributed by atoms with Gasteiger partial charge in [0, 0.05) is 11.6 Å². The van der Waals surface area contributed by atoms with Crippen LogP contribution in [0, 0.1) is 0 Å². The molecular formula is C19H26N4OS. The highest BCUT2D eigenvalue weighted by atomic mass is 32.2. The quantitative estimate of drug-likeness (QED) is 0.767. The number of hydrogen-bond donors (Lipinski definition) is 2. The number of aromatic amines is 1. The predicted molar refractivity (Wildman–Crippen MR) is 102 cm³/mol. The maximum atomic E-state index is 12.4. The van der Waals surface area contributed by atoms with Crippen LogP contribution in [0.15, 0.2) is 29.4 Å². The largest absolute Gasteiger partial charge is 0.352 e. The van der Waals surface area contributed by atoms with Crippen LogP contribution in [0.1, 0.15) is 51.5 Å². The summed E-state index contributed by atoms with van der Waals surface area (Å²) in [5.74, 6) is 0.820. The third kappa shape index (κ3) is 4.84. The van der Waals surface area contributed by atoms with Gasteiger partial charge in [-0.2, -0.15) is 0 Å². The monoisotopic (exact) mass is 358 g/mol. The van der Waals surface area contributed by atoms with Crippen LogP contribution in [0.4, 0.5) is 0 Å². The van der Waals surface area contributed by atoms with Gasteiger partial charge in [-0.1, -0.05) is 62.2 Å². The van der Waals surface area contributed by atoms with Crippen LogP contribution in [0.25, 0.3) is 11.4 Å². The van der Waals surface area contributed by atoms with E-state index in [9.17, 15) is 4.79 Å². The summed E-state index contributed by atoms with van der Waals surface area (Å²) >= 11 is 1.40. The molecule has 134 valence electrons. The molecule has 2 N–H and O–H groups in total. The topological polar surface area (TPSA) is 70.7 Å². The lowest BCUT2D eigenvalue weighted by atomic mass is 9.95. The molecule has 1 aromatic carbocycles. The molecule has 1 heterocycles. The number of aromatic nitrogens is 3. The van der Waals surface area contributed by atoms with Gasteiger partial charge in [0.05, 0.1) is 5.25 Å². The molecule has 0 radical (unpaired) electrons. The minimum absolute atomic E-state index is 0.0792. The highest BCUT2D eigenvalue weighted by Gasteiger charge is 2.21. The van der Waals surface area contributed by atoms with Crippen LogP contribution < -0.4 is 5.32 Å². The van der Waals surface area contributed by atoms with E-state index in [0.29, 0.717) is 11.2 Å². The van der Waals surface area contributed by atoms with E-state index in [2.05, 4.69) is 39.6 Å². The maximum Gasteiger partial charge on any atom is 0.233 e. The molecule has 6 heteroatoms. The van der Waals surface area contributed by atoms with Gasteiger partial charge in [-0.15, -0.1) is 5.10 Å². The van der Waals surface area contributed by atoms with Gasteiger partial charge in [0.1, 0.15) is 0 Å². The van der Waals surface area contributed by atoms with E-state index in [1.807, 2.05) is 19.1 Å². The summed E-state index contributed by atoms with van der Waals surface area (Å²) in [5, 5.41) is 10.8. The van der Waals surface area contributed by atoms with E-state index in [0.717, 1.165) is 30.7 Å². The Morgan fingerprint density at radius 3 is 2.68 bits per heavy atom. The summed E-state index contributed by atoms with van der Waals surface area (Å²) < 4.78 is 0. The Kier molecular flexibility index (Phi) is 6.13. The maximum absolute atomic E-state index is 12.4. The molecule has 0 spiro atoms. The average Bonchev–Trinajstić information content (AvgIpc) is 3.11. The average molecular weight is 359 g/mol. The number of thioether (sulfide) groups is 1. The number of benzene rings is 1. The van der Waals surface area contributed by atoms with Crippen LogP contribution in [0.2, 0.25) is 0 Å². The smallest absolute Gasteiger partial charge is 0.233 e. The van der Waals surface area contributed by atoms with Gasteiger partial charge in [0.15, 0.2) is 5.82 Å². The van der Waals surface area contributed by atoms with Crippen molar-refractivity contribution in [2.75, 3.05) is 0 Å². The molecule has 5 nitrogen and oxygen atoms in total. The lowest BCUT2D eigenvalue weighted by molar-refractivity contribution is -0.121. The normalized spacial score (nSPS) is 16.6. The first-order chi connectivity index (χ1) is 12.2. The summed E-state index contributed by atoms with van der Waals surface area (Å²) in [6.07, 6.45) is 6.94. The van der Waals surface area contributed by atoms with Crippen molar-refractivity contribution in [3.63, 3.8) is 0 Å². The third-order valence-electron chi connectivity index (χ3n) is 4.70. The molecule has 3 rings (SSSR count). The zero-order chi connectivity index (χ0) is 17.6. The summed E-state index contributed by atoms with van der Waals surface area (Å²) in [4.78, 5) is 16.9. The highest BCUT2D eigenvalue weighted by molar-refractivity contribution is 8.00. The minimum atomic E-state index is -0.201. The number of carbonyl (C=O) groups excluding carboxylic acids is 1. The van der Waals surface area contributed by atoms with Crippen molar-refractivity contribution in [3.05, 3.63) is 29.8 Å². The molecule has 1 aromatic heterocycles. The van der Waals surface area contributed by atoms with Gasteiger partial charge in [0.2, 0.25) is 11.1 Å². The second-order valence-corrected chi connectivity index (χ2v) is 7.93. The Morgan fingerprint density at radius 1 is 1.28 bits per heavy atom. The van der Waals surface area contributed by atoms with Crippen LogP contribution in [0.3, 0.4) is 0 Å². The van der Waals surface area contributed by atoms with Crippen molar-refractivity contribution in [1.82, 2.24) is 20.5 Å². The molecule has 2 aromatic rings. The van der Waals surface area contributed by atoms with E-state index in [-0.39, 0.29) is 11.2 Å². The first-order valence-electron chi connectivity index (χ1n) is 9.14. The number of carbonyl (C=O) groups is 1. The molecule has 0 aliphatic heterocycles. The molecule has 1 aliphatic carbocycles. The fourth-order valence-corrected chi connectivity index (χ4v) is 3.84. The Balaban J connectivity index is 1.57. The molecular weight excluding hydrogens is 332 g/mol. The van der Waals surface area contributed by atoms with E-state index >= 15 is 0 Å². The van der Waals surface area contributed by atoms with E-state index < -0.39 is 0 Å². The second kappa shape index (κ2) is 8.52. The molecule has 1 saturated carbocycles. The zero-order valence-electron chi connectivity index (χ0n) is 14.9. The summed E-state index contributed by atoms with van der Waals surface area (Å²) in [7, 11) is 0. The SMILES string of the molecule is CCc1ccc(-c2nc(S[C@H](C)C(=O)NC3CCCCC3)n[nH]2)cc1. The predicted octanol–water partition coefficient (Wildman–Crippen LogP) is 3.96. The van der Waals surface area contributed by atoms with Gasteiger partial charge in [-0.3, -0.25) is 9.89 Å². The number of aryl methyl sites for hydroxylation is 1. The number of amides is 1. The Bertz CT molecular complexity index is 692. The van der Waals surface area contributed by atoms with Crippen LogP contribution >= 0.6 is 11.8 Å². The fraction of sp³-hybridized carbons (Fsp3) is 0.526. The molecule has 1 fully saturated rings. The molecule has 0 saturated heterocycles. The van der Waals surface area contributed by atoms with E-state index in [1.54, 1.807) is 0 Å². The van der Waals surface area contributed by atoms with Gasteiger partial charge in [0.25, 0.3) is 0 Å². The van der Waals surface area contributed by atoms with Crippen LogP contribution in [-0.2, 0) is 11.2 Å². The van der Waals surface area contributed by atoms with Crippen molar-refractivity contribution in [3.8, 4) is 11.4 Å². The second-order valence-electron chi connectivity index (χ2n) is 6.62. The third-order valence-corrected chi connectivity index (χ3v) is 5.66. The number of H-pyrrole nitrogens is 1. The Labute approximate surface area is 153 Å². The lowest BCUT2D eigenvalue weighted by Crippen LogP contribution is -2.40. The number of nitrogens with one attached hydrogen (secondary N) is 2. The molecule has 1 amide bonds. The van der Waals surface area contributed by atoms with Crippen molar-refractivity contribution in [2.24, 2.45) is 0 Å². The van der Waals surface area contributed by atoms with E-state index in [1.165, 1.54) is 36.6 Å². The standard InChI is InChI=1S/C19H26N4OS/c1-3-14-9-11-15(12-10-14)17-21-19(23-22-17)25-13(2)18(24)20-16-7-5-4-6-8-16/h9-13,16H,3-8H2,1-2H3,(H,20,24)(H,21,22,23)/t13-/m1/s1. The molecule has 1 atom stereocenters. The Hall–Kier alpha value is -1.82. The zero-order valence-corrected chi connectivity index (χ0v) is 15.7. The van der Waals surface area contributed by atoms with Crippen molar-refractivity contribution >= 4 is 17.7 Å². The minimum Gasteiger partial charge on any atom is -0.352 e. The molecule has 25 heavy (non-hydrogen) atoms. The van der Waals surface area contributed by atoms with Crippen LogP contribution in [-0.4, -0.2) is 32.4 Å². The summed E-state index contributed by atoms with van der Waals surface area (Å²) in [5.41, 5.74) is 2.31. The number of hydrogen-bond acceptors (Lipinski definition) is 4. The number of rotatable bonds is 6. The highest BCUT2D eigenvalue weighted by Crippen LogP contribution is 2.24. The number of nitrogens with zero attached hydrogens (tertiary/aromatic N) is 2. The summed E-state index contributed by atoms with van der Waals surface area (Å²) in [6.45, 7) is 4.05. The fourth-order valence-electron chi connectivity index (χ4n) is 3.10. The van der Waals surface area contributed by atoms with Gasteiger partial charge in [-0.05, 0) is 31.7 Å².